The fourth-order valence-corrected chi connectivity index (χ4v) is 3.82. The average molecular weight is 355 g/mol. The third-order valence-corrected chi connectivity index (χ3v) is 5.10. The van der Waals surface area contributed by atoms with Crippen molar-refractivity contribution in [3.8, 4) is 0 Å². The molecule has 2 atom stereocenters. The van der Waals surface area contributed by atoms with Crippen LogP contribution >= 0.6 is 0 Å². The first-order valence-electron chi connectivity index (χ1n) is 8.24. The highest BCUT2D eigenvalue weighted by Crippen LogP contribution is 2.45. The van der Waals surface area contributed by atoms with Gasteiger partial charge in [0, 0.05) is 19.5 Å². The number of rotatable bonds is 1. The maximum Gasteiger partial charge on any atom is 0.392 e. The molecule has 1 aromatic carbocycles. The van der Waals surface area contributed by atoms with Crippen LogP contribution in [0.4, 0.5) is 13.2 Å². The summed E-state index contributed by atoms with van der Waals surface area (Å²) in [6.45, 7) is 3.05. The normalized spacial score (nSPS) is 26.0. The number of alkyl halides is 3. The lowest BCUT2D eigenvalue weighted by atomic mass is 9.73. The van der Waals surface area contributed by atoms with E-state index >= 15 is 0 Å². The van der Waals surface area contributed by atoms with E-state index in [0.29, 0.717) is 5.56 Å². The fourth-order valence-electron chi connectivity index (χ4n) is 3.82. The summed E-state index contributed by atoms with van der Waals surface area (Å²) in [7, 11) is 0. The van der Waals surface area contributed by atoms with Gasteiger partial charge in [0.15, 0.2) is 6.10 Å². The third-order valence-electron chi connectivity index (χ3n) is 5.10. The summed E-state index contributed by atoms with van der Waals surface area (Å²) in [4.78, 5) is 26.2. The van der Waals surface area contributed by atoms with Crippen LogP contribution in [0.2, 0.25) is 0 Å². The first kappa shape index (κ1) is 17.8. The number of amides is 1. The average Bonchev–Trinajstić information content (AvgIpc) is 2.51. The van der Waals surface area contributed by atoms with Crippen LogP contribution in [0.5, 0.6) is 0 Å². The molecule has 0 aliphatic carbocycles. The first-order valence-corrected chi connectivity index (χ1v) is 8.24. The SMILES string of the molecule is CC1(C)CN(C(=O)[C@@H]2Cc3ccccc3C(=O)O2)CC[C@H]1C(F)(F)F. The van der Waals surface area contributed by atoms with Crippen molar-refractivity contribution in [1.29, 1.82) is 0 Å². The van der Waals surface area contributed by atoms with Crippen LogP contribution in [-0.2, 0) is 16.0 Å². The van der Waals surface area contributed by atoms with Gasteiger partial charge in [0.05, 0.1) is 11.5 Å². The van der Waals surface area contributed by atoms with E-state index in [9.17, 15) is 22.8 Å². The number of cyclic esters (lactones) is 1. The summed E-state index contributed by atoms with van der Waals surface area (Å²) >= 11 is 0. The third kappa shape index (κ3) is 3.37. The maximum absolute atomic E-state index is 13.2. The topological polar surface area (TPSA) is 46.6 Å². The Hall–Kier alpha value is -2.05. The van der Waals surface area contributed by atoms with Crippen molar-refractivity contribution in [3.05, 3.63) is 35.4 Å². The number of piperidine rings is 1. The number of benzene rings is 1. The standard InChI is InChI=1S/C18H20F3NO3/c1-17(2)10-22(8-7-14(17)18(19,20)21)15(23)13-9-11-5-3-4-6-12(11)16(24)25-13/h3-6,13-14H,7-10H2,1-2H3/t13-,14+/m0/s1. The molecular formula is C18H20F3NO3. The van der Waals surface area contributed by atoms with Gasteiger partial charge in [-0.2, -0.15) is 13.2 Å². The van der Waals surface area contributed by atoms with E-state index < -0.39 is 35.5 Å². The van der Waals surface area contributed by atoms with Crippen LogP contribution in [0.25, 0.3) is 0 Å². The number of fused-ring (bicyclic) bond motifs is 1. The number of hydrogen-bond donors (Lipinski definition) is 0. The Bertz CT molecular complexity index is 699. The Morgan fingerprint density at radius 3 is 2.60 bits per heavy atom. The molecule has 1 amide bonds. The number of esters is 1. The molecule has 0 unspecified atom stereocenters. The molecule has 3 rings (SSSR count). The van der Waals surface area contributed by atoms with Crippen LogP contribution < -0.4 is 0 Å². The van der Waals surface area contributed by atoms with Gasteiger partial charge in [-0.15, -0.1) is 0 Å². The van der Waals surface area contributed by atoms with Crippen molar-refractivity contribution in [1.82, 2.24) is 4.90 Å². The Morgan fingerprint density at radius 2 is 1.96 bits per heavy atom. The maximum atomic E-state index is 13.2. The molecule has 4 nitrogen and oxygen atoms in total. The lowest BCUT2D eigenvalue weighted by molar-refractivity contribution is -0.218. The molecule has 1 fully saturated rings. The number of carbonyl (C=O) groups is 2. The Morgan fingerprint density at radius 1 is 1.28 bits per heavy atom. The van der Waals surface area contributed by atoms with Gasteiger partial charge in [-0.25, -0.2) is 4.79 Å². The summed E-state index contributed by atoms with van der Waals surface area (Å²) in [6.07, 6.45) is -5.14. The highest BCUT2D eigenvalue weighted by Gasteiger charge is 2.52. The second-order valence-electron chi connectivity index (χ2n) is 7.39. The molecule has 25 heavy (non-hydrogen) atoms. The zero-order valence-corrected chi connectivity index (χ0v) is 14.1. The second kappa shape index (κ2) is 6.04. The molecule has 2 heterocycles. The molecule has 0 spiro atoms. The molecule has 1 aromatic rings. The van der Waals surface area contributed by atoms with Crippen LogP contribution in [0.15, 0.2) is 24.3 Å². The van der Waals surface area contributed by atoms with Crippen molar-refractivity contribution in [2.75, 3.05) is 13.1 Å². The highest BCUT2D eigenvalue weighted by molar-refractivity contribution is 5.95. The van der Waals surface area contributed by atoms with Gasteiger partial charge in [-0.3, -0.25) is 4.79 Å². The number of nitrogens with zero attached hydrogens (tertiary/aromatic N) is 1. The van der Waals surface area contributed by atoms with Gasteiger partial charge in [0.1, 0.15) is 0 Å². The van der Waals surface area contributed by atoms with Gasteiger partial charge in [0.25, 0.3) is 5.91 Å². The van der Waals surface area contributed by atoms with Crippen molar-refractivity contribution in [2.24, 2.45) is 11.3 Å². The summed E-state index contributed by atoms with van der Waals surface area (Å²) in [5.41, 5.74) is 0.0761. The molecule has 0 radical (unpaired) electrons. The van der Waals surface area contributed by atoms with Crippen LogP contribution in [0.1, 0.15) is 36.2 Å². The molecule has 2 aliphatic heterocycles. The van der Waals surface area contributed by atoms with Crippen LogP contribution in [-0.4, -0.2) is 42.1 Å². The molecule has 136 valence electrons. The highest BCUT2D eigenvalue weighted by atomic mass is 19.4. The number of ether oxygens (including phenoxy) is 1. The zero-order chi connectivity index (χ0) is 18.4. The van der Waals surface area contributed by atoms with E-state index in [1.54, 1.807) is 24.3 Å². The molecule has 1 saturated heterocycles. The molecule has 2 aliphatic rings. The second-order valence-corrected chi connectivity index (χ2v) is 7.39. The Balaban J connectivity index is 1.74. The summed E-state index contributed by atoms with van der Waals surface area (Å²) in [5, 5.41) is 0. The Kier molecular flexibility index (Phi) is 4.29. The van der Waals surface area contributed by atoms with Gasteiger partial charge in [-0.05, 0) is 23.5 Å². The lowest BCUT2D eigenvalue weighted by Crippen LogP contribution is -2.55. The van der Waals surface area contributed by atoms with Gasteiger partial charge in [0.2, 0.25) is 0 Å². The lowest BCUT2D eigenvalue weighted by Gasteiger charge is -2.45. The van der Waals surface area contributed by atoms with Crippen molar-refractivity contribution in [2.45, 2.75) is 39.0 Å². The molecule has 0 N–H and O–H groups in total. The largest absolute Gasteiger partial charge is 0.448 e. The summed E-state index contributed by atoms with van der Waals surface area (Å²) < 4.78 is 44.7. The van der Waals surface area contributed by atoms with E-state index in [2.05, 4.69) is 0 Å². The summed E-state index contributed by atoms with van der Waals surface area (Å²) in [6, 6.07) is 6.88. The molecule has 0 bridgehead atoms. The predicted octanol–water partition coefficient (Wildman–Crippen LogP) is 3.21. The monoisotopic (exact) mass is 355 g/mol. The number of hydrogen-bond acceptors (Lipinski definition) is 3. The number of likely N-dealkylation sites (tertiary alicyclic amines) is 1. The van der Waals surface area contributed by atoms with Crippen molar-refractivity contribution >= 4 is 11.9 Å². The fraction of sp³-hybridized carbons (Fsp3) is 0.556. The number of halogens is 3. The van der Waals surface area contributed by atoms with Gasteiger partial charge < -0.3 is 9.64 Å². The van der Waals surface area contributed by atoms with E-state index in [0.717, 1.165) is 5.56 Å². The molecular weight excluding hydrogens is 335 g/mol. The van der Waals surface area contributed by atoms with E-state index in [1.807, 2.05) is 0 Å². The van der Waals surface area contributed by atoms with Crippen LogP contribution in [0, 0.1) is 11.3 Å². The molecule has 0 saturated carbocycles. The van der Waals surface area contributed by atoms with Crippen molar-refractivity contribution in [3.63, 3.8) is 0 Å². The first-order chi connectivity index (χ1) is 11.6. The quantitative estimate of drug-likeness (QED) is 0.727. The minimum absolute atomic E-state index is 0.00823. The number of carbonyl (C=O) groups excluding carboxylic acids is 2. The van der Waals surface area contributed by atoms with Crippen molar-refractivity contribution < 1.29 is 27.5 Å². The zero-order valence-electron chi connectivity index (χ0n) is 14.1. The van der Waals surface area contributed by atoms with E-state index in [1.165, 1.54) is 18.7 Å². The summed E-state index contributed by atoms with van der Waals surface area (Å²) in [5.74, 6) is -2.43. The minimum Gasteiger partial charge on any atom is -0.448 e. The molecule has 7 heteroatoms. The minimum atomic E-state index is -4.28. The smallest absolute Gasteiger partial charge is 0.392 e. The van der Waals surface area contributed by atoms with Gasteiger partial charge in [-0.1, -0.05) is 32.0 Å². The van der Waals surface area contributed by atoms with E-state index in [-0.39, 0.29) is 25.9 Å². The van der Waals surface area contributed by atoms with E-state index in [4.69, 9.17) is 4.74 Å². The Labute approximate surface area is 143 Å². The van der Waals surface area contributed by atoms with Crippen LogP contribution in [0.3, 0.4) is 0 Å². The molecule has 0 aromatic heterocycles. The predicted molar refractivity (Wildman–Crippen MR) is 83.9 cm³/mol. The van der Waals surface area contributed by atoms with Gasteiger partial charge >= 0.3 is 12.1 Å².